The average Bonchev–Trinajstić information content (AvgIpc) is 2.51. The molecule has 0 atom stereocenters. The van der Waals surface area contributed by atoms with Crippen LogP contribution in [-0.4, -0.2) is 35.3 Å². The monoisotopic (exact) mass is 303 g/mol. The van der Waals surface area contributed by atoms with Crippen molar-refractivity contribution in [3.63, 3.8) is 0 Å². The molecular weight excluding hydrogens is 286 g/mol. The van der Waals surface area contributed by atoms with Crippen LogP contribution in [-0.2, 0) is 4.74 Å². The number of benzene rings is 1. The van der Waals surface area contributed by atoms with Gasteiger partial charge >= 0.3 is 5.97 Å². The molecule has 2 aromatic rings. The van der Waals surface area contributed by atoms with Crippen molar-refractivity contribution in [2.45, 2.75) is 11.8 Å². The topological polar surface area (TPSA) is 64.1 Å². The molecule has 0 radical (unpaired) electrons. The van der Waals surface area contributed by atoms with Gasteiger partial charge in [-0.1, -0.05) is 18.2 Å². The molecule has 0 fully saturated rings. The van der Waals surface area contributed by atoms with Crippen molar-refractivity contribution in [3.05, 3.63) is 47.9 Å². The molecule has 0 aliphatic carbocycles. The quantitative estimate of drug-likeness (QED) is 0.503. The molecule has 2 rings (SSSR count). The minimum Gasteiger partial charge on any atom is -0.463 e. The molecule has 6 heteroatoms. The largest absolute Gasteiger partial charge is 0.463 e. The first kappa shape index (κ1) is 15.3. The van der Waals surface area contributed by atoms with Gasteiger partial charge < -0.3 is 10.1 Å². The highest BCUT2D eigenvalue weighted by Gasteiger charge is 2.11. The fourth-order valence-electron chi connectivity index (χ4n) is 1.71. The van der Waals surface area contributed by atoms with Gasteiger partial charge in [-0.05, 0) is 19.1 Å². The summed E-state index contributed by atoms with van der Waals surface area (Å²) in [7, 11) is 1.32. The number of hydrogen-bond donors (Lipinski definition) is 1. The number of thioether (sulfide) groups is 1. The minimum atomic E-state index is -0.527. The first-order valence-electron chi connectivity index (χ1n) is 6.55. The summed E-state index contributed by atoms with van der Waals surface area (Å²) < 4.78 is 4.63. The molecule has 0 aliphatic rings. The molecular formula is C15H17N3O2S. The van der Waals surface area contributed by atoms with Gasteiger partial charge in [0.2, 0.25) is 5.82 Å². The Labute approximate surface area is 128 Å². The maximum absolute atomic E-state index is 11.5. The second-order valence-corrected chi connectivity index (χ2v) is 5.47. The smallest absolute Gasteiger partial charge is 0.376 e. The predicted octanol–water partition coefficient (Wildman–Crippen LogP) is 2.78. The third-order valence-electron chi connectivity index (χ3n) is 2.64. The second-order valence-electron chi connectivity index (χ2n) is 4.30. The Bertz CT molecular complexity index is 605. The normalized spacial score (nSPS) is 10.2. The summed E-state index contributed by atoms with van der Waals surface area (Å²) in [5.74, 6) is 1.09. The molecule has 21 heavy (non-hydrogen) atoms. The van der Waals surface area contributed by atoms with Crippen molar-refractivity contribution >= 4 is 23.5 Å². The highest BCUT2D eigenvalue weighted by Crippen LogP contribution is 2.16. The van der Waals surface area contributed by atoms with Gasteiger partial charge in [0.25, 0.3) is 0 Å². The number of carbonyl (C=O) groups excluding carboxylic acids is 1. The standard InChI is InChI=1S/C15H17N3O2S/c1-11-10-13(18-14(17-11)15(19)20-2)16-8-9-21-12-6-4-3-5-7-12/h3-7,10H,8-9H2,1-2H3,(H,16,17,18). The van der Waals surface area contributed by atoms with E-state index in [0.717, 1.165) is 18.0 Å². The van der Waals surface area contributed by atoms with Crippen LogP contribution in [0.1, 0.15) is 16.3 Å². The van der Waals surface area contributed by atoms with Gasteiger partial charge in [-0.25, -0.2) is 14.8 Å². The average molecular weight is 303 g/mol. The van der Waals surface area contributed by atoms with Crippen LogP contribution in [0.15, 0.2) is 41.3 Å². The molecule has 1 aromatic carbocycles. The molecule has 1 N–H and O–H groups in total. The van der Waals surface area contributed by atoms with Crippen molar-refractivity contribution in [3.8, 4) is 0 Å². The zero-order valence-electron chi connectivity index (χ0n) is 12.0. The van der Waals surface area contributed by atoms with Crippen molar-refractivity contribution < 1.29 is 9.53 Å². The maximum atomic E-state index is 11.5. The number of nitrogens with zero attached hydrogens (tertiary/aromatic N) is 2. The third-order valence-corrected chi connectivity index (χ3v) is 3.66. The van der Waals surface area contributed by atoms with E-state index in [-0.39, 0.29) is 5.82 Å². The van der Waals surface area contributed by atoms with E-state index in [0.29, 0.717) is 5.82 Å². The van der Waals surface area contributed by atoms with Crippen molar-refractivity contribution in [1.29, 1.82) is 0 Å². The maximum Gasteiger partial charge on any atom is 0.376 e. The van der Waals surface area contributed by atoms with Crippen LogP contribution >= 0.6 is 11.8 Å². The van der Waals surface area contributed by atoms with Crippen molar-refractivity contribution in [2.24, 2.45) is 0 Å². The van der Waals surface area contributed by atoms with Gasteiger partial charge in [0.15, 0.2) is 0 Å². The number of hydrogen-bond acceptors (Lipinski definition) is 6. The summed E-state index contributed by atoms with van der Waals surface area (Å²) in [5.41, 5.74) is 0.726. The fraction of sp³-hybridized carbons (Fsp3) is 0.267. The number of ether oxygens (including phenoxy) is 1. The molecule has 0 spiro atoms. The number of aryl methyl sites for hydroxylation is 1. The first-order valence-corrected chi connectivity index (χ1v) is 7.53. The van der Waals surface area contributed by atoms with Crippen LogP contribution in [0.25, 0.3) is 0 Å². The van der Waals surface area contributed by atoms with Crippen LogP contribution in [0.2, 0.25) is 0 Å². The third kappa shape index (κ3) is 4.75. The van der Waals surface area contributed by atoms with Crippen LogP contribution in [0.4, 0.5) is 5.82 Å². The lowest BCUT2D eigenvalue weighted by molar-refractivity contribution is 0.0586. The summed E-state index contributed by atoms with van der Waals surface area (Å²) in [5, 5.41) is 3.20. The summed E-state index contributed by atoms with van der Waals surface area (Å²) >= 11 is 1.76. The lowest BCUT2D eigenvalue weighted by Crippen LogP contribution is -2.12. The van der Waals surface area contributed by atoms with Crippen LogP contribution in [0.5, 0.6) is 0 Å². The van der Waals surface area contributed by atoms with E-state index < -0.39 is 5.97 Å². The molecule has 0 saturated carbocycles. The second kappa shape index (κ2) is 7.64. The molecule has 110 valence electrons. The number of carbonyl (C=O) groups is 1. The molecule has 0 saturated heterocycles. The van der Waals surface area contributed by atoms with Crippen LogP contribution in [0, 0.1) is 6.92 Å². The lowest BCUT2D eigenvalue weighted by Gasteiger charge is -2.07. The Morgan fingerprint density at radius 2 is 2.05 bits per heavy atom. The van der Waals surface area contributed by atoms with Crippen molar-refractivity contribution in [2.75, 3.05) is 24.7 Å². The molecule has 0 bridgehead atoms. The SMILES string of the molecule is COC(=O)c1nc(C)cc(NCCSc2ccccc2)n1. The molecule has 5 nitrogen and oxygen atoms in total. The highest BCUT2D eigenvalue weighted by molar-refractivity contribution is 7.99. The Morgan fingerprint density at radius 3 is 2.76 bits per heavy atom. The number of nitrogens with one attached hydrogen (secondary N) is 1. The first-order chi connectivity index (χ1) is 10.2. The van der Waals surface area contributed by atoms with Crippen LogP contribution < -0.4 is 5.32 Å². The van der Waals surface area contributed by atoms with Crippen LogP contribution in [0.3, 0.4) is 0 Å². The Morgan fingerprint density at radius 1 is 1.29 bits per heavy atom. The molecule has 0 unspecified atom stereocenters. The summed E-state index contributed by atoms with van der Waals surface area (Å²) in [6.07, 6.45) is 0. The lowest BCUT2D eigenvalue weighted by atomic mass is 10.4. The molecule has 0 aliphatic heterocycles. The van der Waals surface area contributed by atoms with Gasteiger partial charge in [-0.2, -0.15) is 0 Å². The van der Waals surface area contributed by atoms with Crippen molar-refractivity contribution in [1.82, 2.24) is 9.97 Å². The Hall–Kier alpha value is -2.08. The zero-order chi connectivity index (χ0) is 15.1. The van der Waals surface area contributed by atoms with Gasteiger partial charge in [-0.15, -0.1) is 11.8 Å². The summed E-state index contributed by atoms with van der Waals surface area (Å²) in [6, 6.07) is 12.0. The van der Waals surface area contributed by atoms with E-state index in [2.05, 4.69) is 32.2 Å². The van der Waals surface area contributed by atoms with Gasteiger partial charge in [0.1, 0.15) is 5.82 Å². The number of rotatable bonds is 6. The minimum absolute atomic E-state index is 0.0794. The molecule has 1 aromatic heterocycles. The number of aromatic nitrogens is 2. The predicted molar refractivity (Wildman–Crippen MR) is 83.8 cm³/mol. The van der Waals surface area contributed by atoms with E-state index in [4.69, 9.17) is 0 Å². The number of esters is 1. The van der Waals surface area contributed by atoms with E-state index in [1.54, 1.807) is 17.8 Å². The fourth-order valence-corrected chi connectivity index (χ4v) is 2.50. The van der Waals surface area contributed by atoms with Gasteiger partial charge in [0, 0.05) is 29.0 Å². The van der Waals surface area contributed by atoms with Gasteiger partial charge in [0.05, 0.1) is 7.11 Å². The zero-order valence-corrected chi connectivity index (χ0v) is 12.8. The molecule has 1 heterocycles. The number of anilines is 1. The molecule has 0 amide bonds. The highest BCUT2D eigenvalue weighted by atomic mass is 32.2. The van der Waals surface area contributed by atoms with Gasteiger partial charge in [-0.3, -0.25) is 0 Å². The van der Waals surface area contributed by atoms with E-state index in [9.17, 15) is 4.79 Å². The number of methoxy groups -OCH3 is 1. The summed E-state index contributed by atoms with van der Waals surface area (Å²) in [4.78, 5) is 20.9. The summed E-state index contributed by atoms with van der Waals surface area (Å²) in [6.45, 7) is 2.56. The van der Waals surface area contributed by atoms with E-state index >= 15 is 0 Å². The van der Waals surface area contributed by atoms with E-state index in [1.807, 2.05) is 25.1 Å². The van der Waals surface area contributed by atoms with E-state index in [1.165, 1.54) is 12.0 Å². The Kier molecular flexibility index (Phi) is 5.57. The Balaban J connectivity index is 1.88.